The monoisotopic (exact) mass is 1480 g/mol. The molecule has 6 heterocycles. The van der Waals surface area contributed by atoms with Gasteiger partial charge in [-0.1, -0.05) is 388 Å². The molecule has 0 spiro atoms. The number of carbonyl (C=O) groups excluding carboxylic acids is 4. The molecule has 0 aliphatic carbocycles. The fourth-order valence-electron chi connectivity index (χ4n) is 16.6. The highest BCUT2D eigenvalue weighted by atomic mass is 32.1. The summed E-state index contributed by atoms with van der Waals surface area (Å²) < 4.78 is 0. The average molecular weight is 1480 g/mol. The van der Waals surface area contributed by atoms with Gasteiger partial charge in [-0.2, -0.15) is 0 Å². The van der Waals surface area contributed by atoms with Crippen LogP contribution in [0.2, 0.25) is 0 Å². The summed E-state index contributed by atoms with van der Waals surface area (Å²) in [5.41, 5.74) is 4.60. The van der Waals surface area contributed by atoms with Gasteiger partial charge in [-0.3, -0.25) is 29.0 Å². The number of fused-ring (bicyclic) bond motifs is 2. The van der Waals surface area contributed by atoms with Crippen molar-refractivity contribution in [3.05, 3.63) is 56.3 Å². The van der Waals surface area contributed by atoms with Crippen molar-refractivity contribution in [1.29, 1.82) is 0 Å². The number of unbranched alkanes of at least 4 members (excludes halogenated alkanes) is 50. The van der Waals surface area contributed by atoms with Gasteiger partial charge in [0.2, 0.25) is 0 Å². The molecule has 10 heteroatoms. The van der Waals surface area contributed by atoms with E-state index in [1.54, 1.807) is 55.1 Å². The lowest BCUT2D eigenvalue weighted by Crippen LogP contribution is -2.35. The number of imide groups is 2. The molecule has 0 saturated carbocycles. The van der Waals surface area contributed by atoms with Gasteiger partial charge >= 0.3 is 0 Å². The predicted octanol–water partition coefficient (Wildman–Crippen LogP) is 32.0. The molecule has 2 aliphatic rings. The van der Waals surface area contributed by atoms with Gasteiger partial charge in [0.25, 0.3) is 23.6 Å². The summed E-state index contributed by atoms with van der Waals surface area (Å²) in [6.45, 7) is 14.6. The predicted molar refractivity (Wildman–Crippen MR) is 450 cm³/mol. The molecule has 2 unspecified atom stereocenters. The molecule has 0 saturated heterocycles. The lowest BCUT2D eigenvalue weighted by molar-refractivity contribution is 0.0606. The normalized spacial score (nSPS) is 13.7. The zero-order valence-electron chi connectivity index (χ0n) is 66.9. The second-order valence-corrected chi connectivity index (χ2v) is 36.0. The lowest BCUT2D eigenvalue weighted by atomic mass is 9.93. The van der Waals surface area contributed by atoms with E-state index in [1.165, 1.54) is 332 Å². The second kappa shape index (κ2) is 55.5. The zero-order chi connectivity index (χ0) is 72.5. The third-order valence-corrected chi connectivity index (χ3v) is 27.9. The molecule has 578 valence electrons. The Morgan fingerprint density at radius 1 is 0.245 bits per heavy atom. The number of carbonyl (C=O) groups is 4. The van der Waals surface area contributed by atoms with Gasteiger partial charge in [-0.05, 0) is 97.2 Å². The van der Waals surface area contributed by atoms with E-state index < -0.39 is 0 Å². The van der Waals surface area contributed by atoms with Crippen LogP contribution in [0.3, 0.4) is 0 Å². The van der Waals surface area contributed by atoms with E-state index >= 15 is 19.2 Å². The van der Waals surface area contributed by atoms with Crippen LogP contribution in [0.4, 0.5) is 0 Å². The first-order chi connectivity index (χ1) is 50.2. The maximum Gasteiger partial charge on any atom is 0.263 e. The Labute approximate surface area is 643 Å². The molecule has 0 bridgehead atoms. The Balaban J connectivity index is 1.36. The number of hydrogen-bond donors (Lipinski definition) is 0. The van der Waals surface area contributed by atoms with Gasteiger partial charge < -0.3 is 0 Å². The van der Waals surface area contributed by atoms with Crippen molar-refractivity contribution in [3.63, 3.8) is 0 Å². The lowest BCUT2D eigenvalue weighted by Gasteiger charge is -2.24. The number of hydrogen-bond acceptors (Lipinski definition) is 8. The molecule has 6 nitrogen and oxygen atoms in total. The maximum atomic E-state index is 16.0. The fraction of sp³-hybridized carbons (Fsp3) is 0.783. The smallest absolute Gasteiger partial charge is 0.263 e. The van der Waals surface area contributed by atoms with Crippen molar-refractivity contribution >= 4 is 69.0 Å². The Bertz CT molecular complexity index is 2640. The van der Waals surface area contributed by atoms with E-state index in [9.17, 15) is 0 Å². The van der Waals surface area contributed by atoms with Crippen LogP contribution in [-0.4, -0.2) is 46.5 Å². The Morgan fingerprint density at radius 3 is 0.647 bits per heavy atom. The quantitative estimate of drug-likeness (QED) is 0.0326. The van der Waals surface area contributed by atoms with Gasteiger partial charge in [0.1, 0.15) is 0 Å². The van der Waals surface area contributed by atoms with Crippen LogP contribution in [0.5, 0.6) is 0 Å². The van der Waals surface area contributed by atoms with Gasteiger partial charge in [-0.25, -0.2) is 0 Å². The fourth-order valence-corrected chi connectivity index (χ4v) is 21.6. The summed E-state index contributed by atoms with van der Waals surface area (Å²) in [5, 5.41) is 4.40. The van der Waals surface area contributed by atoms with Crippen LogP contribution >= 0.6 is 45.3 Å². The summed E-state index contributed by atoms with van der Waals surface area (Å²) >= 11 is 6.57. The number of amides is 4. The summed E-state index contributed by atoms with van der Waals surface area (Å²) in [6, 6.07) is 4.55. The van der Waals surface area contributed by atoms with E-state index in [0.717, 1.165) is 106 Å². The van der Waals surface area contributed by atoms with Crippen molar-refractivity contribution in [3.8, 4) is 29.3 Å². The number of nitrogens with zero attached hydrogens (tertiary/aromatic N) is 2. The first-order valence-corrected chi connectivity index (χ1v) is 47.8. The molecular formula is C92H152N2O4S4. The van der Waals surface area contributed by atoms with Crippen molar-refractivity contribution in [1.82, 2.24) is 9.80 Å². The Kier molecular flexibility index (Phi) is 47.9. The van der Waals surface area contributed by atoms with E-state index in [1.807, 2.05) is 0 Å². The van der Waals surface area contributed by atoms with Crippen molar-refractivity contribution in [2.75, 3.05) is 13.1 Å². The molecular weight excluding hydrogens is 1330 g/mol. The van der Waals surface area contributed by atoms with Crippen LogP contribution in [0, 0.1) is 11.8 Å². The van der Waals surface area contributed by atoms with E-state index in [0.29, 0.717) is 35.3 Å². The Hall–Kier alpha value is -2.92. The minimum atomic E-state index is -0.193. The zero-order valence-corrected chi connectivity index (χ0v) is 70.1. The van der Waals surface area contributed by atoms with Crippen LogP contribution < -0.4 is 0 Å². The van der Waals surface area contributed by atoms with Gasteiger partial charge in [0.05, 0.1) is 41.8 Å². The van der Waals surface area contributed by atoms with Crippen molar-refractivity contribution in [2.24, 2.45) is 11.8 Å². The highest BCUT2D eigenvalue weighted by molar-refractivity contribution is 7.29. The van der Waals surface area contributed by atoms with E-state index in [-0.39, 0.29) is 35.5 Å². The van der Waals surface area contributed by atoms with E-state index in [4.69, 9.17) is 0 Å². The topological polar surface area (TPSA) is 74.8 Å². The van der Waals surface area contributed by atoms with Crippen molar-refractivity contribution < 1.29 is 19.2 Å². The number of rotatable bonds is 69. The molecule has 4 aromatic heterocycles. The van der Waals surface area contributed by atoms with Crippen LogP contribution in [0.1, 0.15) is 479 Å². The average Bonchev–Trinajstić information content (AvgIpc) is 1.55. The van der Waals surface area contributed by atoms with E-state index in [2.05, 4.69) is 64.4 Å². The molecule has 6 rings (SSSR count). The van der Waals surface area contributed by atoms with Crippen LogP contribution in [0.25, 0.3) is 29.3 Å². The summed E-state index contributed by atoms with van der Waals surface area (Å²) in [7, 11) is 0. The molecule has 0 N–H and O–H groups in total. The maximum absolute atomic E-state index is 16.0. The summed E-state index contributed by atoms with van der Waals surface area (Å²) in [6.07, 6.45) is 77.5. The Morgan fingerprint density at radius 2 is 0.431 bits per heavy atom. The first kappa shape index (κ1) is 88.0. The largest absolute Gasteiger partial charge is 0.274 e. The summed E-state index contributed by atoms with van der Waals surface area (Å²) in [5.74, 6) is -0.224. The highest BCUT2D eigenvalue weighted by Crippen LogP contribution is 2.56. The molecule has 0 fully saturated rings. The molecule has 2 aliphatic heterocycles. The van der Waals surface area contributed by atoms with Gasteiger partial charge in [0, 0.05) is 22.8 Å². The van der Waals surface area contributed by atoms with Gasteiger partial charge in [0.15, 0.2) is 0 Å². The number of thiophene rings is 4. The third-order valence-electron chi connectivity index (χ3n) is 23.1. The highest BCUT2D eigenvalue weighted by Gasteiger charge is 2.48. The minimum Gasteiger partial charge on any atom is -0.274 e. The van der Waals surface area contributed by atoms with Crippen LogP contribution in [-0.2, 0) is 12.8 Å². The molecule has 4 amide bonds. The van der Waals surface area contributed by atoms with Crippen LogP contribution in [0.15, 0.2) is 22.9 Å². The molecule has 2 atom stereocenters. The standard InChI is InChI=1S/C92H152N2O4S4/c1-7-13-19-25-31-37-41-47-53-59-65-75(63-57-51-45-35-29-23-17-11-5)73-93-89(95)79-81(91(93)97)87(101-85(79)83-77(69-71-99-83)67-61-55-49-43-39-33-27-21-15-9-3)88-82-80(86(102-88)84-78(70-72-100-84)68-62-56-50-44-40-34-28-22-16-10-4)90(96)94(92(82)98)74-76(64-58-52-46-36-30-24-18-12-6)66-60-54-48-42-38-32-26-20-14-8-2/h69-72,75-76H,7-68,73-74H2,1-6H3. The third kappa shape index (κ3) is 31.3. The summed E-state index contributed by atoms with van der Waals surface area (Å²) in [4.78, 5) is 72.7. The SMILES string of the molecule is CCCCCCCCCCCCc1ccsc1-c1sc(-c2sc(-c3sccc3CCCCCCCCCCCC)c3c2C(=O)N(CC(CCCCCCCCCC)CCCCCCCCCCCC)C3=O)c2c1C(=O)N(CC(CCCCCCCCCC)CCCCCCCCCCCC)C2=O. The van der Waals surface area contributed by atoms with Gasteiger partial charge in [-0.15, -0.1) is 45.3 Å². The molecule has 102 heavy (non-hydrogen) atoms. The minimum absolute atomic E-state index is 0.153. The first-order valence-electron chi connectivity index (χ1n) is 44.4. The second-order valence-electron chi connectivity index (χ2n) is 32.1. The molecule has 0 aromatic carbocycles. The molecule has 0 radical (unpaired) electrons. The number of aryl methyl sites for hydroxylation is 2. The molecule has 4 aromatic rings. The van der Waals surface area contributed by atoms with Crippen molar-refractivity contribution in [2.45, 2.75) is 440 Å².